The summed E-state index contributed by atoms with van der Waals surface area (Å²) in [6.45, 7) is 0. The molecular weight excluding hydrogens is 204 g/mol. The molecule has 2 rings (SSSR count). The largest absolute Gasteiger partial charge is 0.397 e. The molecule has 0 aliphatic heterocycles. The molecule has 0 saturated heterocycles. The van der Waals surface area contributed by atoms with E-state index in [9.17, 15) is 0 Å². The molecule has 0 aromatic heterocycles. The zero-order chi connectivity index (χ0) is 10.7. The van der Waals surface area contributed by atoms with Crippen molar-refractivity contribution >= 4 is 8.56 Å². The molecule has 2 unspecified atom stereocenters. The van der Waals surface area contributed by atoms with Crippen LogP contribution in [0.15, 0.2) is 24.3 Å². The summed E-state index contributed by atoms with van der Waals surface area (Å²) in [7, 11) is 1.60. The Kier molecular flexibility index (Phi) is 3.44. The van der Waals surface area contributed by atoms with Crippen molar-refractivity contribution in [2.45, 2.75) is 36.8 Å². The third-order valence-corrected chi connectivity index (χ3v) is 8.00. The van der Waals surface area contributed by atoms with Gasteiger partial charge in [-0.05, 0) is 25.7 Å². The Morgan fingerprint density at radius 1 is 0.933 bits per heavy atom. The van der Waals surface area contributed by atoms with Gasteiger partial charge in [-0.3, -0.25) is 0 Å². The lowest BCUT2D eigenvalue weighted by atomic mass is 10.3. The van der Waals surface area contributed by atoms with E-state index in [1.165, 1.54) is 25.7 Å². The van der Waals surface area contributed by atoms with Crippen molar-refractivity contribution in [2.75, 3.05) is 14.2 Å². The average Bonchev–Trinajstić information content (AvgIpc) is 2.92. The third kappa shape index (κ3) is 1.84. The number of allylic oxidation sites excluding steroid dienone is 4. The van der Waals surface area contributed by atoms with Gasteiger partial charge in [0.15, 0.2) is 0 Å². The van der Waals surface area contributed by atoms with Crippen molar-refractivity contribution in [1.82, 2.24) is 0 Å². The van der Waals surface area contributed by atoms with Crippen LogP contribution in [0, 0.1) is 0 Å². The number of rotatable bonds is 4. The fraction of sp³-hybridized carbons (Fsp3) is 0.667. The Hall–Kier alpha value is -0.383. The van der Waals surface area contributed by atoms with Gasteiger partial charge in [0.2, 0.25) is 0 Å². The normalized spacial score (nSPS) is 30.3. The van der Waals surface area contributed by atoms with E-state index in [0.29, 0.717) is 11.1 Å². The molecule has 0 radical (unpaired) electrons. The highest BCUT2D eigenvalue weighted by molar-refractivity contribution is 6.71. The van der Waals surface area contributed by atoms with Gasteiger partial charge < -0.3 is 8.85 Å². The maximum Gasteiger partial charge on any atom is 0.351 e. The zero-order valence-electron chi connectivity index (χ0n) is 9.61. The van der Waals surface area contributed by atoms with Crippen molar-refractivity contribution in [3.63, 3.8) is 0 Å². The molecule has 0 bridgehead atoms. The van der Waals surface area contributed by atoms with E-state index in [4.69, 9.17) is 8.85 Å². The zero-order valence-corrected chi connectivity index (χ0v) is 10.6. The number of hydrogen-bond acceptors (Lipinski definition) is 2. The smallest absolute Gasteiger partial charge is 0.351 e. The first kappa shape index (κ1) is 11.1. The van der Waals surface area contributed by atoms with E-state index in [2.05, 4.69) is 24.3 Å². The quantitative estimate of drug-likeness (QED) is 0.539. The summed E-state index contributed by atoms with van der Waals surface area (Å²) >= 11 is 0. The lowest BCUT2D eigenvalue weighted by molar-refractivity contribution is 0.225. The molecule has 84 valence electrons. The summed E-state index contributed by atoms with van der Waals surface area (Å²) in [5, 5.41) is 0. The Labute approximate surface area is 93.2 Å². The second-order valence-corrected chi connectivity index (χ2v) is 8.10. The molecule has 0 aromatic rings. The highest BCUT2D eigenvalue weighted by Crippen LogP contribution is 2.45. The molecular formula is C12H20O2Si. The van der Waals surface area contributed by atoms with Crippen LogP contribution in [0.25, 0.3) is 0 Å². The first-order valence-electron chi connectivity index (χ1n) is 5.77. The minimum absolute atomic E-state index is 0.542. The first-order valence-corrected chi connectivity index (χ1v) is 7.74. The van der Waals surface area contributed by atoms with Gasteiger partial charge in [-0.25, -0.2) is 0 Å². The van der Waals surface area contributed by atoms with E-state index >= 15 is 0 Å². The summed E-state index contributed by atoms with van der Waals surface area (Å²) in [5.74, 6) is 0. The molecule has 0 aromatic carbocycles. The molecule has 0 fully saturated rings. The predicted molar refractivity (Wildman–Crippen MR) is 64.0 cm³/mol. The molecule has 3 heteroatoms. The summed E-state index contributed by atoms with van der Waals surface area (Å²) < 4.78 is 11.7. The maximum absolute atomic E-state index is 5.87. The predicted octanol–water partition coefficient (Wildman–Crippen LogP) is 3.16. The Bertz CT molecular complexity index is 245. The van der Waals surface area contributed by atoms with Crippen molar-refractivity contribution in [2.24, 2.45) is 0 Å². The minimum atomic E-state index is -2.05. The van der Waals surface area contributed by atoms with Crippen LogP contribution >= 0.6 is 0 Å². The van der Waals surface area contributed by atoms with Crippen LogP contribution in [0.1, 0.15) is 25.7 Å². The molecule has 0 N–H and O–H groups in total. The summed E-state index contributed by atoms with van der Waals surface area (Å²) in [5.41, 5.74) is 1.08. The van der Waals surface area contributed by atoms with Gasteiger partial charge in [0.25, 0.3) is 0 Å². The lowest BCUT2D eigenvalue weighted by Crippen LogP contribution is -2.47. The Morgan fingerprint density at radius 2 is 1.40 bits per heavy atom. The van der Waals surface area contributed by atoms with Crippen molar-refractivity contribution in [1.29, 1.82) is 0 Å². The van der Waals surface area contributed by atoms with Gasteiger partial charge in [0, 0.05) is 25.3 Å². The van der Waals surface area contributed by atoms with Crippen molar-refractivity contribution in [3.8, 4) is 0 Å². The highest BCUT2D eigenvalue weighted by atomic mass is 28.4. The average molecular weight is 224 g/mol. The SMILES string of the molecule is CO[Si](OC)(C1C=CCC1)C1C=CCC1. The summed E-state index contributed by atoms with van der Waals surface area (Å²) in [6.07, 6.45) is 13.9. The van der Waals surface area contributed by atoms with E-state index in [0.717, 1.165) is 0 Å². The fourth-order valence-electron chi connectivity index (χ4n) is 2.90. The molecule has 15 heavy (non-hydrogen) atoms. The molecule has 0 heterocycles. The molecule has 2 aliphatic rings. The van der Waals surface area contributed by atoms with Gasteiger partial charge in [-0.1, -0.05) is 24.3 Å². The molecule has 0 saturated carbocycles. The Morgan fingerprint density at radius 3 is 1.67 bits per heavy atom. The van der Waals surface area contributed by atoms with Crippen LogP contribution < -0.4 is 0 Å². The van der Waals surface area contributed by atoms with Crippen molar-refractivity contribution < 1.29 is 8.85 Å². The monoisotopic (exact) mass is 224 g/mol. The van der Waals surface area contributed by atoms with Crippen LogP contribution in [-0.2, 0) is 8.85 Å². The van der Waals surface area contributed by atoms with E-state index in [1.54, 1.807) is 0 Å². The third-order valence-electron chi connectivity index (χ3n) is 3.70. The number of hydrogen-bond donors (Lipinski definition) is 0. The van der Waals surface area contributed by atoms with Gasteiger partial charge in [0.05, 0.1) is 0 Å². The first-order chi connectivity index (χ1) is 7.33. The standard InChI is InChI=1S/C12H20O2Si/c1-13-15(14-2,11-7-3-4-8-11)12-9-5-6-10-12/h3,5,7,9,11-12H,4,6,8,10H2,1-2H3. The van der Waals surface area contributed by atoms with Gasteiger partial charge in [0.1, 0.15) is 0 Å². The maximum atomic E-state index is 5.87. The van der Waals surface area contributed by atoms with E-state index < -0.39 is 8.56 Å². The second kappa shape index (κ2) is 4.64. The van der Waals surface area contributed by atoms with E-state index in [-0.39, 0.29) is 0 Å². The topological polar surface area (TPSA) is 18.5 Å². The lowest BCUT2D eigenvalue weighted by Gasteiger charge is -2.36. The molecule has 0 spiro atoms. The molecule has 0 amide bonds. The highest BCUT2D eigenvalue weighted by Gasteiger charge is 2.50. The van der Waals surface area contributed by atoms with Gasteiger partial charge in [-0.2, -0.15) is 0 Å². The van der Waals surface area contributed by atoms with Crippen LogP contribution in [-0.4, -0.2) is 22.8 Å². The van der Waals surface area contributed by atoms with Crippen LogP contribution in [0.3, 0.4) is 0 Å². The molecule has 2 atom stereocenters. The minimum Gasteiger partial charge on any atom is -0.397 e. The van der Waals surface area contributed by atoms with Gasteiger partial charge in [-0.15, -0.1) is 0 Å². The summed E-state index contributed by atoms with van der Waals surface area (Å²) in [6, 6.07) is 0. The molecule has 2 aliphatic carbocycles. The second-order valence-electron chi connectivity index (χ2n) is 4.35. The van der Waals surface area contributed by atoms with Crippen LogP contribution in [0.2, 0.25) is 11.1 Å². The van der Waals surface area contributed by atoms with Crippen LogP contribution in [0.5, 0.6) is 0 Å². The fourth-order valence-corrected chi connectivity index (χ4v) is 6.77. The van der Waals surface area contributed by atoms with Crippen molar-refractivity contribution in [3.05, 3.63) is 24.3 Å². The van der Waals surface area contributed by atoms with Crippen LogP contribution in [0.4, 0.5) is 0 Å². The molecule has 2 nitrogen and oxygen atoms in total. The summed E-state index contributed by atoms with van der Waals surface area (Å²) in [4.78, 5) is 0. The Balaban J connectivity index is 2.21. The van der Waals surface area contributed by atoms with E-state index in [1.807, 2.05) is 14.2 Å². The van der Waals surface area contributed by atoms with Gasteiger partial charge >= 0.3 is 8.56 Å².